The van der Waals surface area contributed by atoms with Gasteiger partial charge < -0.3 is 5.32 Å². The molecule has 98 valence electrons. The highest BCUT2D eigenvalue weighted by Crippen LogP contribution is 2.57. The van der Waals surface area contributed by atoms with Gasteiger partial charge in [-0.3, -0.25) is 0 Å². The third kappa shape index (κ3) is 2.05. The number of nitrogens with zero attached hydrogens (tertiary/aromatic N) is 1. The number of hydrogen-bond donors (Lipinski definition) is 1. The molecule has 2 nitrogen and oxygen atoms in total. The molecule has 18 heavy (non-hydrogen) atoms. The Morgan fingerprint density at radius 3 is 2.11 bits per heavy atom. The van der Waals surface area contributed by atoms with Crippen molar-refractivity contribution in [1.29, 1.82) is 5.26 Å². The van der Waals surface area contributed by atoms with Crippen molar-refractivity contribution in [3.05, 3.63) is 11.8 Å². The molecule has 0 radical (unpaired) electrons. The first-order chi connectivity index (χ1) is 8.67. The van der Waals surface area contributed by atoms with E-state index in [0.717, 1.165) is 23.7 Å². The first kappa shape index (κ1) is 12.1. The van der Waals surface area contributed by atoms with Crippen LogP contribution in [0.4, 0.5) is 0 Å². The molecule has 4 saturated carbocycles. The minimum absolute atomic E-state index is 0.432. The van der Waals surface area contributed by atoms with Gasteiger partial charge in [0, 0.05) is 23.7 Å². The fraction of sp³-hybridized carbons (Fsp3) is 0.812. The van der Waals surface area contributed by atoms with Crippen molar-refractivity contribution in [3.8, 4) is 6.07 Å². The van der Waals surface area contributed by atoms with Gasteiger partial charge in [0.15, 0.2) is 0 Å². The molecule has 4 aliphatic carbocycles. The van der Waals surface area contributed by atoms with Crippen LogP contribution in [-0.2, 0) is 0 Å². The van der Waals surface area contributed by atoms with E-state index in [4.69, 9.17) is 5.26 Å². The third-order valence-corrected chi connectivity index (χ3v) is 5.26. The predicted octanol–water partition coefficient (Wildman–Crippen LogP) is 3.46. The van der Waals surface area contributed by atoms with Gasteiger partial charge in [-0.2, -0.15) is 5.26 Å². The Morgan fingerprint density at radius 1 is 1.11 bits per heavy atom. The summed E-state index contributed by atoms with van der Waals surface area (Å²) in [6.07, 6.45) is 8.95. The normalized spacial score (nSPS) is 42.1. The zero-order valence-corrected chi connectivity index (χ0v) is 11.5. The topological polar surface area (TPSA) is 35.8 Å². The molecule has 2 heteroatoms. The van der Waals surface area contributed by atoms with Gasteiger partial charge in [-0.1, -0.05) is 0 Å². The number of allylic oxidation sites excluding steroid dienone is 2. The third-order valence-electron chi connectivity index (χ3n) is 5.26. The Hall–Kier alpha value is -0.970. The fourth-order valence-electron chi connectivity index (χ4n) is 5.07. The molecule has 0 aromatic carbocycles. The second kappa shape index (κ2) is 4.61. The van der Waals surface area contributed by atoms with E-state index < -0.39 is 0 Å². The molecule has 0 unspecified atom stereocenters. The lowest BCUT2D eigenvalue weighted by molar-refractivity contribution is -0.0235. The number of hydrogen-bond acceptors (Lipinski definition) is 2. The molecular weight excluding hydrogens is 220 g/mol. The molecule has 0 aliphatic heterocycles. The highest BCUT2D eigenvalue weighted by atomic mass is 14.9. The molecule has 4 rings (SSSR count). The minimum Gasteiger partial charge on any atom is -0.385 e. The van der Waals surface area contributed by atoms with E-state index in [0.29, 0.717) is 12.0 Å². The Kier molecular flexibility index (Phi) is 3.09. The molecule has 4 bridgehead atoms. The van der Waals surface area contributed by atoms with Crippen LogP contribution in [0, 0.1) is 40.9 Å². The molecule has 0 saturated heterocycles. The van der Waals surface area contributed by atoms with E-state index in [1.807, 2.05) is 0 Å². The van der Waals surface area contributed by atoms with Crippen molar-refractivity contribution < 1.29 is 0 Å². The summed E-state index contributed by atoms with van der Waals surface area (Å²) in [7, 11) is 0. The van der Waals surface area contributed by atoms with Gasteiger partial charge in [-0.05, 0) is 69.6 Å². The second-order valence-electron chi connectivity index (χ2n) is 6.98. The minimum atomic E-state index is 0.432. The maximum Gasteiger partial charge on any atom is 0.0930 e. The first-order valence-corrected chi connectivity index (χ1v) is 7.53. The van der Waals surface area contributed by atoms with Crippen molar-refractivity contribution in [3.63, 3.8) is 0 Å². The van der Waals surface area contributed by atoms with E-state index in [1.54, 1.807) is 6.08 Å². The van der Waals surface area contributed by atoms with Crippen LogP contribution in [-0.4, -0.2) is 6.04 Å². The van der Waals surface area contributed by atoms with Crippen LogP contribution in [0.15, 0.2) is 11.8 Å². The van der Waals surface area contributed by atoms with Gasteiger partial charge in [0.05, 0.1) is 6.07 Å². The maximum atomic E-state index is 9.04. The van der Waals surface area contributed by atoms with Crippen LogP contribution in [0.1, 0.15) is 46.0 Å². The van der Waals surface area contributed by atoms with Crippen LogP contribution >= 0.6 is 0 Å². The van der Waals surface area contributed by atoms with Gasteiger partial charge in [-0.15, -0.1) is 0 Å². The van der Waals surface area contributed by atoms with Gasteiger partial charge in [0.25, 0.3) is 0 Å². The van der Waals surface area contributed by atoms with Crippen LogP contribution in [0.25, 0.3) is 0 Å². The van der Waals surface area contributed by atoms with Crippen molar-refractivity contribution in [2.75, 3.05) is 0 Å². The van der Waals surface area contributed by atoms with Crippen LogP contribution in [0.3, 0.4) is 0 Å². The zero-order valence-electron chi connectivity index (χ0n) is 11.5. The van der Waals surface area contributed by atoms with Crippen LogP contribution in [0.5, 0.6) is 0 Å². The Morgan fingerprint density at radius 2 is 1.67 bits per heavy atom. The largest absolute Gasteiger partial charge is 0.385 e. The van der Waals surface area contributed by atoms with Crippen molar-refractivity contribution in [2.24, 2.45) is 29.6 Å². The monoisotopic (exact) mass is 244 g/mol. The van der Waals surface area contributed by atoms with E-state index in [-0.39, 0.29) is 0 Å². The Balaban J connectivity index is 1.82. The summed E-state index contributed by atoms with van der Waals surface area (Å²) in [5, 5.41) is 12.6. The van der Waals surface area contributed by atoms with E-state index in [1.165, 1.54) is 37.8 Å². The highest BCUT2D eigenvalue weighted by Gasteiger charge is 2.49. The molecule has 0 amide bonds. The van der Waals surface area contributed by atoms with E-state index in [2.05, 4.69) is 25.2 Å². The number of nitriles is 1. The second-order valence-corrected chi connectivity index (χ2v) is 6.98. The summed E-state index contributed by atoms with van der Waals surface area (Å²) in [5.74, 6) is 4.37. The summed E-state index contributed by atoms with van der Waals surface area (Å²) in [6.45, 7) is 4.34. The van der Waals surface area contributed by atoms with Gasteiger partial charge in [0.2, 0.25) is 0 Å². The first-order valence-electron chi connectivity index (χ1n) is 7.53. The Labute approximate surface area is 110 Å². The lowest BCUT2D eigenvalue weighted by Gasteiger charge is -2.55. The zero-order chi connectivity index (χ0) is 12.7. The van der Waals surface area contributed by atoms with Gasteiger partial charge >= 0.3 is 0 Å². The van der Waals surface area contributed by atoms with E-state index in [9.17, 15) is 0 Å². The summed E-state index contributed by atoms with van der Waals surface area (Å²) in [5.41, 5.74) is 1.24. The summed E-state index contributed by atoms with van der Waals surface area (Å²) < 4.78 is 0. The highest BCUT2D eigenvalue weighted by molar-refractivity contribution is 5.20. The summed E-state index contributed by atoms with van der Waals surface area (Å²) in [4.78, 5) is 0. The molecule has 4 fully saturated rings. The van der Waals surface area contributed by atoms with Crippen LogP contribution < -0.4 is 5.32 Å². The molecule has 1 N–H and O–H groups in total. The van der Waals surface area contributed by atoms with E-state index >= 15 is 0 Å². The molecular formula is C16H24N2. The van der Waals surface area contributed by atoms with Crippen molar-refractivity contribution >= 4 is 0 Å². The average molecular weight is 244 g/mol. The molecule has 0 aromatic heterocycles. The smallest absolute Gasteiger partial charge is 0.0930 e. The molecule has 0 spiro atoms. The molecule has 0 heterocycles. The number of rotatable bonds is 3. The van der Waals surface area contributed by atoms with Crippen molar-refractivity contribution in [2.45, 2.75) is 52.0 Å². The fourth-order valence-corrected chi connectivity index (χ4v) is 5.07. The maximum absolute atomic E-state index is 9.04. The predicted molar refractivity (Wildman–Crippen MR) is 72.5 cm³/mol. The summed E-state index contributed by atoms with van der Waals surface area (Å²) in [6, 6.07) is 2.69. The lowest BCUT2D eigenvalue weighted by atomic mass is 9.51. The molecule has 0 aromatic rings. The van der Waals surface area contributed by atoms with Crippen molar-refractivity contribution in [1.82, 2.24) is 5.32 Å². The quantitative estimate of drug-likeness (QED) is 0.772. The SMILES string of the molecule is CC(C)N/C(=C/C#N)C1C2CC3CC(C2)CC1C3. The standard InChI is InChI=1S/C16H24N2/c1-10(2)18-15(3-4-17)16-13-6-11-5-12(8-13)9-14(16)7-11/h3,10-14,16,18H,5-9H2,1-2H3/b15-3+. The van der Waals surface area contributed by atoms with Gasteiger partial charge in [0.1, 0.15) is 0 Å². The molecule has 0 atom stereocenters. The summed E-state index contributed by atoms with van der Waals surface area (Å²) >= 11 is 0. The molecule has 4 aliphatic rings. The number of nitrogens with one attached hydrogen (secondary N) is 1. The van der Waals surface area contributed by atoms with Crippen LogP contribution in [0.2, 0.25) is 0 Å². The Bertz CT molecular complexity index is 360. The lowest BCUT2D eigenvalue weighted by Crippen LogP contribution is -2.48. The van der Waals surface area contributed by atoms with Gasteiger partial charge in [-0.25, -0.2) is 0 Å². The average Bonchev–Trinajstić information content (AvgIpc) is 2.26.